The Balaban J connectivity index is 2.41. The fourth-order valence-electron chi connectivity index (χ4n) is 1.13. The molecule has 93 valence electrons. The van der Waals surface area contributed by atoms with Crippen molar-refractivity contribution < 1.29 is 24.0 Å². The lowest BCUT2D eigenvalue weighted by Gasteiger charge is -2.06. The first-order valence-corrected chi connectivity index (χ1v) is 5.19. The maximum Gasteiger partial charge on any atom is 0.376 e. The predicted octanol–water partition coefficient (Wildman–Crippen LogP) is 1.98. The Morgan fingerprint density at radius 1 is 1.35 bits per heavy atom. The average molecular weight is 239 g/mol. The van der Waals surface area contributed by atoms with Crippen LogP contribution in [0, 0.1) is 6.61 Å². The van der Waals surface area contributed by atoms with Crippen LogP contribution in [-0.4, -0.2) is 26.3 Å². The summed E-state index contributed by atoms with van der Waals surface area (Å²) >= 11 is 0. The summed E-state index contributed by atoms with van der Waals surface area (Å²) in [5, 5.41) is 0. The van der Waals surface area contributed by atoms with Crippen molar-refractivity contribution in [1.29, 1.82) is 0 Å². The van der Waals surface area contributed by atoms with Crippen molar-refractivity contribution in [3.8, 4) is 5.75 Å². The van der Waals surface area contributed by atoms with Gasteiger partial charge in [-0.1, -0.05) is 12.1 Å². The Labute approximate surface area is 100 Å². The Bertz CT molecular complexity index is 351. The molecule has 0 aliphatic carbocycles. The molecule has 0 aliphatic heterocycles. The summed E-state index contributed by atoms with van der Waals surface area (Å²) in [6.45, 7) is 3.95. The first-order valence-electron chi connectivity index (χ1n) is 5.19. The Morgan fingerprint density at radius 2 is 2.12 bits per heavy atom. The van der Waals surface area contributed by atoms with Gasteiger partial charge < -0.3 is 9.47 Å². The van der Waals surface area contributed by atoms with E-state index in [9.17, 15) is 4.79 Å². The van der Waals surface area contributed by atoms with Gasteiger partial charge in [-0.3, -0.25) is 4.89 Å². The van der Waals surface area contributed by atoms with Gasteiger partial charge in [0.1, 0.15) is 11.3 Å². The number of rotatable bonds is 7. The Morgan fingerprint density at radius 3 is 2.82 bits per heavy atom. The average Bonchev–Trinajstić information content (AvgIpc) is 2.38. The van der Waals surface area contributed by atoms with Crippen LogP contribution in [0.2, 0.25) is 0 Å². The minimum atomic E-state index is -0.616. The molecule has 0 amide bonds. The molecule has 5 heteroatoms. The SMILES string of the molecule is CCOC[CH]OOC(=O)c1ccccc1OC. The van der Waals surface area contributed by atoms with E-state index in [0.29, 0.717) is 17.9 Å². The van der Waals surface area contributed by atoms with Crippen molar-refractivity contribution in [2.75, 3.05) is 20.3 Å². The minimum Gasteiger partial charge on any atom is -0.496 e. The zero-order valence-corrected chi connectivity index (χ0v) is 9.84. The molecule has 1 aromatic rings. The molecule has 0 saturated heterocycles. The molecule has 0 N–H and O–H groups in total. The fraction of sp³-hybridized carbons (Fsp3) is 0.333. The van der Waals surface area contributed by atoms with Gasteiger partial charge in [0.25, 0.3) is 0 Å². The first kappa shape index (κ1) is 13.5. The third-order valence-electron chi connectivity index (χ3n) is 1.91. The van der Waals surface area contributed by atoms with E-state index in [1.165, 1.54) is 13.7 Å². The molecule has 1 rings (SSSR count). The molecule has 1 aromatic carbocycles. The zero-order valence-electron chi connectivity index (χ0n) is 9.84. The van der Waals surface area contributed by atoms with Crippen molar-refractivity contribution in [1.82, 2.24) is 0 Å². The topological polar surface area (TPSA) is 54.0 Å². The van der Waals surface area contributed by atoms with E-state index in [2.05, 4.69) is 9.78 Å². The van der Waals surface area contributed by atoms with Crippen molar-refractivity contribution in [2.45, 2.75) is 6.92 Å². The van der Waals surface area contributed by atoms with Crippen LogP contribution in [-0.2, 0) is 14.5 Å². The lowest BCUT2D eigenvalue weighted by Crippen LogP contribution is -2.08. The van der Waals surface area contributed by atoms with E-state index >= 15 is 0 Å². The molecule has 0 spiro atoms. The van der Waals surface area contributed by atoms with E-state index in [1.54, 1.807) is 24.3 Å². The van der Waals surface area contributed by atoms with Gasteiger partial charge in [0.15, 0.2) is 6.61 Å². The summed E-state index contributed by atoms with van der Waals surface area (Å²) in [4.78, 5) is 20.7. The van der Waals surface area contributed by atoms with E-state index in [1.807, 2.05) is 6.92 Å². The summed E-state index contributed by atoms with van der Waals surface area (Å²) < 4.78 is 9.99. The zero-order chi connectivity index (χ0) is 12.5. The standard InChI is InChI=1S/C12H15O5/c1-3-15-8-9-16-17-12(13)10-6-4-5-7-11(10)14-2/h4-7,9H,3,8H2,1-2H3. The highest BCUT2D eigenvalue weighted by Gasteiger charge is 2.13. The third kappa shape index (κ3) is 4.42. The molecule has 0 atom stereocenters. The second kappa shape index (κ2) is 7.65. The van der Waals surface area contributed by atoms with Gasteiger partial charge in [0, 0.05) is 6.61 Å². The van der Waals surface area contributed by atoms with Crippen molar-refractivity contribution in [3.63, 3.8) is 0 Å². The number of para-hydroxylation sites is 1. The number of benzene rings is 1. The Hall–Kier alpha value is -1.59. The van der Waals surface area contributed by atoms with E-state index < -0.39 is 5.97 Å². The smallest absolute Gasteiger partial charge is 0.376 e. The molecule has 0 fully saturated rings. The highest BCUT2D eigenvalue weighted by molar-refractivity contribution is 5.92. The summed E-state index contributed by atoms with van der Waals surface area (Å²) in [5.41, 5.74) is 0.305. The molecular formula is C12H15O5. The molecular weight excluding hydrogens is 224 g/mol. The van der Waals surface area contributed by atoms with Crippen LogP contribution in [0.1, 0.15) is 17.3 Å². The molecule has 0 heterocycles. The van der Waals surface area contributed by atoms with Crippen LogP contribution < -0.4 is 4.74 Å². The van der Waals surface area contributed by atoms with Gasteiger partial charge >= 0.3 is 5.97 Å². The predicted molar refractivity (Wildman–Crippen MR) is 60.3 cm³/mol. The van der Waals surface area contributed by atoms with Gasteiger partial charge in [-0.05, 0) is 19.1 Å². The van der Waals surface area contributed by atoms with Crippen LogP contribution in [0.25, 0.3) is 0 Å². The fourth-order valence-corrected chi connectivity index (χ4v) is 1.13. The number of methoxy groups -OCH3 is 1. The molecule has 17 heavy (non-hydrogen) atoms. The van der Waals surface area contributed by atoms with Gasteiger partial charge in [0.2, 0.25) is 0 Å². The van der Waals surface area contributed by atoms with E-state index in [4.69, 9.17) is 9.47 Å². The highest BCUT2D eigenvalue weighted by atomic mass is 17.2. The lowest BCUT2D eigenvalue weighted by atomic mass is 10.2. The molecule has 0 aromatic heterocycles. The van der Waals surface area contributed by atoms with Gasteiger partial charge in [-0.25, -0.2) is 4.79 Å². The van der Waals surface area contributed by atoms with Crippen LogP contribution >= 0.6 is 0 Å². The van der Waals surface area contributed by atoms with Gasteiger partial charge in [-0.2, -0.15) is 4.89 Å². The molecule has 1 radical (unpaired) electrons. The molecule has 0 unspecified atom stereocenters. The first-order chi connectivity index (χ1) is 8.29. The van der Waals surface area contributed by atoms with Crippen molar-refractivity contribution in [3.05, 3.63) is 36.4 Å². The van der Waals surface area contributed by atoms with Gasteiger partial charge in [-0.15, -0.1) is 0 Å². The maximum absolute atomic E-state index is 11.6. The number of carbonyl (C=O) groups excluding carboxylic acids is 1. The summed E-state index contributed by atoms with van der Waals surface area (Å²) in [6, 6.07) is 6.73. The van der Waals surface area contributed by atoms with E-state index in [-0.39, 0.29) is 6.61 Å². The monoisotopic (exact) mass is 239 g/mol. The normalized spacial score (nSPS) is 10.0. The Kier molecular flexibility index (Phi) is 6.06. The van der Waals surface area contributed by atoms with Crippen LogP contribution in [0.4, 0.5) is 0 Å². The number of carbonyl (C=O) groups is 1. The number of ether oxygens (including phenoxy) is 2. The van der Waals surface area contributed by atoms with Gasteiger partial charge in [0.05, 0.1) is 13.7 Å². The van der Waals surface area contributed by atoms with Crippen LogP contribution in [0.5, 0.6) is 5.75 Å². The molecule has 5 nitrogen and oxygen atoms in total. The lowest BCUT2D eigenvalue weighted by molar-refractivity contribution is -0.218. The third-order valence-corrected chi connectivity index (χ3v) is 1.91. The highest BCUT2D eigenvalue weighted by Crippen LogP contribution is 2.18. The largest absolute Gasteiger partial charge is 0.496 e. The molecule has 0 bridgehead atoms. The van der Waals surface area contributed by atoms with Crippen LogP contribution in [0.15, 0.2) is 24.3 Å². The summed E-state index contributed by atoms with van der Waals surface area (Å²) in [6.07, 6.45) is 0. The van der Waals surface area contributed by atoms with Crippen molar-refractivity contribution >= 4 is 5.97 Å². The number of hydrogen-bond donors (Lipinski definition) is 0. The number of hydrogen-bond acceptors (Lipinski definition) is 5. The molecule has 0 saturated carbocycles. The second-order valence-corrected chi connectivity index (χ2v) is 2.99. The summed E-state index contributed by atoms with van der Waals surface area (Å²) in [7, 11) is 1.48. The van der Waals surface area contributed by atoms with E-state index in [0.717, 1.165) is 0 Å². The maximum atomic E-state index is 11.6. The van der Waals surface area contributed by atoms with Crippen LogP contribution in [0.3, 0.4) is 0 Å². The quantitative estimate of drug-likeness (QED) is 0.413. The second-order valence-electron chi connectivity index (χ2n) is 2.99. The minimum absolute atomic E-state index is 0.260. The van der Waals surface area contributed by atoms with Crippen molar-refractivity contribution in [2.24, 2.45) is 0 Å². The molecule has 0 aliphatic rings. The summed E-state index contributed by atoms with van der Waals surface area (Å²) in [5.74, 6) is -0.180.